The number of hydrogen-bond acceptors (Lipinski definition) is 5. The Morgan fingerprint density at radius 3 is 2.68 bits per heavy atom. The van der Waals surface area contributed by atoms with Crippen LogP contribution in [-0.2, 0) is 16.0 Å². The number of carbonyl (C=O) groups excluding carboxylic acids is 1. The maximum absolute atomic E-state index is 11.8. The Morgan fingerprint density at radius 1 is 1.21 bits per heavy atom. The summed E-state index contributed by atoms with van der Waals surface area (Å²) in [6.45, 7) is 15.3. The molecule has 6 heteroatoms. The zero-order chi connectivity index (χ0) is 24.5. The Kier molecular flexibility index (Phi) is 9.12. The van der Waals surface area contributed by atoms with Crippen LogP contribution in [0.25, 0.3) is 10.9 Å². The van der Waals surface area contributed by atoms with Gasteiger partial charge in [-0.3, -0.25) is 4.90 Å². The van der Waals surface area contributed by atoms with E-state index in [1.54, 1.807) is 6.92 Å². The molecule has 0 amide bonds. The first-order chi connectivity index (χ1) is 16.4. The van der Waals surface area contributed by atoms with Gasteiger partial charge < -0.3 is 14.6 Å². The quantitative estimate of drug-likeness (QED) is 0.235. The molecule has 1 N–H and O–H groups in total. The van der Waals surface area contributed by atoms with Crippen LogP contribution in [0.15, 0.2) is 60.0 Å². The molecule has 34 heavy (non-hydrogen) atoms. The summed E-state index contributed by atoms with van der Waals surface area (Å²) >= 11 is 0. The molecule has 0 atom stereocenters. The topological polar surface area (TPSA) is 72.4 Å². The summed E-state index contributed by atoms with van der Waals surface area (Å²) in [6.07, 6.45) is 9.28. The minimum absolute atomic E-state index is 0.272. The van der Waals surface area contributed by atoms with Crippen molar-refractivity contribution in [2.45, 2.75) is 40.0 Å². The number of piperazine rings is 1. The second-order valence-electron chi connectivity index (χ2n) is 8.90. The van der Waals surface area contributed by atoms with E-state index in [2.05, 4.69) is 33.6 Å². The molecule has 1 aromatic heterocycles. The van der Waals surface area contributed by atoms with Crippen molar-refractivity contribution < 1.29 is 9.53 Å². The molecule has 0 spiro atoms. The number of aromatic amines is 1. The van der Waals surface area contributed by atoms with Gasteiger partial charge in [0, 0.05) is 54.5 Å². The molecule has 1 saturated heterocycles. The second kappa shape index (κ2) is 12.2. The first kappa shape index (κ1) is 25.3. The first-order valence-corrected chi connectivity index (χ1v) is 12.1. The van der Waals surface area contributed by atoms with Gasteiger partial charge in [-0.05, 0) is 88.1 Å². The van der Waals surface area contributed by atoms with Crippen LogP contribution in [0.5, 0.6) is 0 Å². The average molecular weight is 461 g/mol. The number of aromatic nitrogens is 1. The van der Waals surface area contributed by atoms with E-state index in [0.29, 0.717) is 17.7 Å². The van der Waals surface area contributed by atoms with E-state index in [1.165, 1.54) is 10.9 Å². The fourth-order valence-electron chi connectivity index (χ4n) is 4.41. The lowest BCUT2D eigenvalue weighted by atomic mass is 10.1. The number of carbonyl (C=O) groups is 1. The summed E-state index contributed by atoms with van der Waals surface area (Å²) in [4.78, 5) is 19.9. The summed E-state index contributed by atoms with van der Waals surface area (Å²) in [5.41, 5.74) is 5.69. The van der Waals surface area contributed by atoms with E-state index in [4.69, 9.17) is 10.00 Å². The second-order valence-corrected chi connectivity index (χ2v) is 8.90. The van der Waals surface area contributed by atoms with Crippen LogP contribution >= 0.6 is 0 Å². The summed E-state index contributed by atoms with van der Waals surface area (Å²) in [5.74, 6) is -0.272. The van der Waals surface area contributed by atoms with Crippen LogP contribution in [0.4, 0.5) is 0 Å². The highest BCUT2D eigenvalue weighted by molar-refractivity contribution is 5.88. The number of hydrogen-bond donors (Lipinski definition) is 1. The van der Waals surface area contributed by atoms with Crippen molar-refractivity contribution in [1.82, 2.24) is 14.8 Å². The highest BCUT2D eigenvalue weighted by atomic mass is 16.5. The van der Waals surface area contributed by atoms with E-state index >= 15 is 0 Å². The predicted octanol–water partition coefficient (Wildman–Crippen LogP) is 4.95. The standard InChI is InChI=1S/C28H36N4O2/c1-5-34-28(33)22(3)16-21(2)17-23(4)32-14-12-31(13-15-32)11-7-6-8-25-20-30-27-10-9-24(19-29)18-26(25)27/h9-10,16-18,20,30H,4-8,11-15H2,1-3H3. The molecular formula is C28H36N4O2. The van der Waals surface area contributed by atoms with Crippen molar-refractivity contribution in [3.05, 3.63) is 71.1 Å². The molecule has 1 aliphatic heterocycles. The Labute approximate surface area is 203 Å². The number of nitrogens with zero attached hydrogens (tertiary/aromatic N) is 3. The Bertz CT molecular complexity index is 1110. The molecular weight excluding hydrogens is 424 g/mol. The van der Waals surface area contributed by atoms with Crippen LogP contribution in [0.2, 0.25) is 0 Å². The van der Waals surface area contributed by atoms with E-state index in [1.807, 2.05) is 44.2 Å². The maximum Gasteiger partial charge on any atom is 0.333 e. The summed E-state index contributed by atoms with van der Waals surface area (Å²) in [6, 6.07) is 8.05. The number of H-pyrrole nitrogens is 1. The van der Waals surface area contributed by atoms with Crippen molar-refractivity contribution in [2.24, 2.45) is 0 Å². The minimum atomic E-state index is -0.272. The van der Waals surface area contributed by atoms with Crippen LogP contribution in [-0.4, -0.2) is 60.1 Å². The van der Waals surface area contributed by atoms with Crippen molar-refractivity contribution in [1.29, 1.82) is 5.26 Å². The zero-order valence-corrected chi connectivity index (χ0v) is 20.7. The molecule has 2 aromatic rings. The Hall–Kier alpha value is -3.30. The predicted molar refractivity (Wildman–Crippen MR) is 137 cm³/mol. The molecule has 1 fully saturated rings. The lowest BCUT2D eigenvalue weighted by molar-refractivity contribution is -0.138. The van der Waals surface area contributed by atoms with Crippen molar-refractivity contribution >= 4 is 16.9 Å². The largest absolute Gasteiger partial charge is 0.463 e. The monoisotopic (exact) mass is 460 g/mol. The van der Waals surface area contributed by atoms with Crippen LogP contribution in [0.1, 0.15) is 44.7 Å². The highest BCUT2D eigenvalue weighted by Gasteiger charge is 2.17. The summed E-state index contributed by atoms with van der Waals surface area (Å²) in [5, 5.41) is 10.3. The van der Waals surface area contributed by atoms with Crippen molar-refractivity contribution in [3.8, 4) is 6.07 Å². The lowest BCUT2D eigenvalue weighted by Crippen LogP contribution is -2.45. The van der Waals surface area contributed by atoms with Gasteiger partial charge in [0.2, 0.25) is 0 Å². The number of fused-ring (bicyclic) bond motifs is 1. The number of nitrogens with one attached hydrogen (secondary N) is 1. The van der Waals surface area contributed by atoms with E-state index in [9.17, 15) is 4.79 Å². The molecule has 1 aliphatic rings. The summed E-state index contributed by atoms with van der Waals surface area (Å²) in [7, 11) is 0. The number of allylic oxidation sites excluding steroid dienone is 3. The van der Waals surface area contributed by atoms with Gasteiger partial charge >= 0.3 is 5.97 Å². The van der Waals surface area contributed by atoms with Gasteiger partial charge in [0.05, 0.1) is 18.2 Å². The molecule has 180 valence electrons. The maximum atomic E-state index is 11.8. The molecule has 0 bridgehead atoms. The molecule has 0 saturated carbocycles. The molecule has 0 radical (unpaired) electrons. The van der Waals surface area contributed by atoms with Gasteiger partial charge in [0.1, 0.15) is 0 Å². The third-order valence-electron chi connectivity index (χ3n) is 6.28. The van der Waals surface area contributed by atoms with Gasteiger partial charge in [-0.15, -0.1) is 0 Å². The fraction of sp³-hybridized carbons (Fsp3) is 0.429. The normalized spacial score (nSPS) is 15.4. The van der Waals surface area contributed by atoms with Crippen LogP contribution < -0.4 is 0 Å². The summed E-state index contributed by atoms with van der Waals surface area (Å²) < 4.78 is 5.04. The number of benzene rings is 1. The SMILES string of the molecule is C=C(C=C(C)C=C(C)C(=O)OCC)N1CCN(CCCCc2c[nH]c3ccc(C#N)cc23)CC1. The molecule has 2 heterocycles. The number of esters is 1. The smallest absolute Gasteiger partial charge is 0.333 e. The molecule has 0 aliphatic carbocycles. The lowest BCUT2D eigenvalue weighted by Gasteiger charge is -2.36. The van der Waals surface area contributed by atoms with Gasteiger partial charge in [-0.1, -0.05) is 6.58 Å². The van der Waals surface area contributed by atoms with Crippen molar-refractivity contribution in [2.75, 3.05) is 39.3 Å². The number of nitriles is 1. The third-order valence-corrected chi connectivity index (χ3v) is 6.28. The average Bonchev–Trinajstić information content (AvgIpc) is 3.24. The number of rotatable bonds is 10. The van der Waals surface area contributed by atoms with Gasteiger partial charge in [0.15, 0.2) is 0 Å². The molecule has 3 rings (SSSR count). The van der Waals surface area contributed by atoms with Crippen LogP contribution in [0.3, 0.4) is 0 Å². The van der Waals surface area contributed by atoms with E-state index < -0.39 is 0 Å². The Balaban J connectivity index is 1.40. The number of ether oxygens (including phenoxy) is 1. The van der Waals surface area contributed by atoms with Gasteiger partial charge in [-0.2, -0.15) is 5.26 Å². The van der Waals surface area contributed by atoms with Crippen molar-refractivity contribution in [3.63, 3.8) is 0 Å². The highest BCUT2D eigenvalue weighted by Crippen LogP contribution is 2.21. The van der Waals surface area contributed by atoms with Crippen LogP contribution in [0, 0.1) is 11.3 Å². The number of unbranched alkanes of at least 4 members (excludes halogenated alkanes) is 1. The first-order valence-electron chi connectivity index (χ1n) is 12.1. The molecule has 6 nitrogen and oxygen atoms in total. The Morgan fingerprint density at radius 2 is 1.97 bits per heavy atom. The third kappa shape index (κ3) is 6.85. The number of aryl methyl sites for hydroxylation is 1. The van der Waals surface area contributed by atoms with Gasteiger partial charge in [-0.25, -0.2) is 4.79 Å². The van der Waals surface area contributed by atoms with E-state index in [0.717, 1.165) is 68.8 Å². The van der Waals surface area contributed by atoms with Gasteiger partial charge in [0.25, 0.3) is 0 Å². The zero-order valence-electron chi connectivity index (χ0n) is 20.7. The molecule has 0 unspecified atom stereocenters. The fourth-order valence-corrected chi connectivity index (χ4v) is 4.41. The van der Waals surface area contributed by atoms with E-state index in [-0.39, 0.29) is 5.97 Å². The molecule has 1 aromatic carbocycles. The minimum Gasteiger partial charge on any atom is -0.463 e.